The molecular weight excluding hydrogens is 160 g/mol. The molecule has 0 aromatic carbocycles. The fourth-order valence-electron chi connectivity index (χ4n) is 2.09. The van der Waals surface area contributed by atoms with Crippen LogP contribution in [0, 0.1) is 5.92 Å². The SMILES string of the molecule is C=C[SiH](C)CCC1CCCCC1. The zero-order valence-corrected chi connectivity index (χ0v) is 9.54. The van der Waals surface area contributed by atoms with Gasteiger partial charge in [0.15, 0.2) is 0 Å². The van der Waals surface area contributed by atoms with Crippen molar-refractivity contribution in [3.63, 3.8) is 0 Å². The zero-order chi connectivity index (χ0) is 8.81. The van der Waals surface area contributed by atoms with Crippen molar-refractivity contribution >= 4 is 8.80 Å². The van der Waals surface area contributed by atoms with Gasteiger partial charge in [-0.05, 0) is 5.92 Å². The minimum Gasteiger partial charge on any atom is -0.107 e. The molecule has 0 aromatic rings. The Labute approximate surface area is 78.7 Å². The molecule has 1 unspecified atom stereocenters. The van der Waals surface area contributed by atoms with Crippen molar-refractivity contribution in [2.75, 3.05) is 0 Å². The summed E-state index contributed by atoms with van der Waals surface area (Å²) < 4.78 is 0. The largest absolute Gasteiger partial charge is 0.107 e. The highest BCUT2D eigenvalue weighted by atomic mass is 28.3. The maximum atomic E-state index is 3.89. The van der Waals surface area contributed by atoms with Crippen molar-refractivity contribution in [1.82, 2.24) is 0 Å². The smallest absolute Gasteiger partial charge is 0.0577 e. The van der Waals surface area contributed by atoms with Crippen LogP contribution in [0.4, 0.5) is 0 Å². The molecule has 1 fully saturated rings. The Morgan fingerprint density at radius 2 is 2.00 bits per heavy atom. The van der Waals surface area contributed by atoms with Crippen LogP contribution >= 0.6 is 0 Å². The van der Waals surface area contributed by atoms with Gasteiger partial charge in [-0.1, -0.05) is 51.1 Å². The van der Waals surface area contributed by atoms with Crippen molar-refractivity contribution < 1.29 is 0 Å². The molecule has 0 heterocycles. The van der Waals surface area contributed by atoms with Crippen LogP contribution in [0.3, 0.4) is 0 Å². The number of rotatable bonds is 4. The van der Waals surface area contributed by atoms with E-state index >= 15 is 0 Å². The van der Waals surface area contributed by atoms with Gasteiger partial charge in [0.1, 0.15) is 0 Å². The molecule has 0 N–H and O–H groups in total. The first-order valence-electron chi connectivity index (χ1n) is 5.45. The Balaban J connectivity index is 2.08. The monoisotopic (exact) mass is 182 g/mol. The molecule has 0 bridgehead atoms. The van der Waals surface area contributed by atoms with Crippen molar-refractivity contribution in [3.8, 4) is 0 Å². The summed E-state index contributed by atoms with van der Waals surface area (Å²) in [4.78, 5) is 0. The lowest BCUT2D eigenvalue weighted by atomic mass is 9.88. The minimum absolute atomic E-state index is 0.488. The van der Waals surface area contributed by atoms with Gasteiger partial charge in [0, 0.05) is 0 Å². The summed E-state index contributed by atoms with van der Waals surface area (Å²) in [7, 11) is -0.488. The van der Waals surface area contributed by atoms with Gasteiger partial charge in [-0.25, -0.2) is 0 Å². The van der Waals surface area contributed by atoms with E-state index in [4.69, 9.17) is 0 Å². The Morgan fingerprint density at radius 3 is 2.58 bits per heavy atom. The Morgan fingerprint density at radius 1 is 1.33 bits per heavy atom. The maximum absolute atomic E-state index is 3.89. The van der Waals surface area contributed by atoms with Gasteiger partial charge in [-0.3, -0.25) is 0 Å². The Hall–Kier alpha value is -0.0431. The Kier molecular flexibility index (Phi) is 4.67. The van der Waals surface area contributed by atoms with E-state index in [0.717, 1.165) is 5.92 Å². The predicted molar refractivity (Wildman–Crippen MR) is 59.2 cm³/mol. The van der Waals surface area contributed by atoms with E-state index in [-0.39, 0.29) is 0 Å². The lowest BCUT2D eigenvalue weighted by Gasteiger charge is -2.21. The molecule has 0 aromatic heterocycles. The van der Waals surface area contributed by atoms with Crippen LogP contribution in [-0.4, -0.2) is 8.80 Å². The zero-order valence-electron chi connectivity index (χ0n) is 8.39. The van der Waals surface area contributed by atoms with Crippen LogP contribution in [0.15, 0.2) is 12.3 Å². The predicted octanol–water partition coefficient (Wildman–Crippen LogP) is 3.54. The van der Waals surface area contributed by atoms with Crippen LogP contribution in [0.5, 0.6) is 0 Å². The van der Waals surface area contributed by atoms with Crippen molar-refractivity contribution in [2.24, 2.45) is 5.92 Å². The van der Waals surface area contributed by atoms with Gasteiger partial charge in [0.05, 0.1) is 8.80 Å². The van der Waals surface area contributed by atoms with E-state index in [9.17, 15) is 0 Å². The summed E-state index contributed by atoms with van der Waals surface area (Å²) in [6.45, 7) is 6.30. The normalized spacial score (nSPS) is 22.1. The molecule has 1 rings (SSSR count). The standard InChI is InChI=1S/C11H22Si/c1-3-12(2)10-9-11-7-5-4-6-8-11/h3,11-12H,1,4-10H2,2H3. The van der Waals surface area contributed by atoms with Gasteiger partial charge in [0.25, 0.3) is 0 Å². The lowest BCUT2D eigenvalue weighted by molar-refractivity contribution is 0.349. The van der Waals surface area contributed by atoms with Gasteiger partial charge >= 0.3 is 0 Å². The fraction of sp³-hybridized carbons (Fsp3) is 0.818. The number of hydrogen-bond acceptors (Lipinski definition) is 0. The summed E-state index contributed by atoms with van der Waals surface area (Å²) in [6.07, 6.45) is 9.00. The highest BCUT2D eigenvalue weighted by molar-refractivity contribution is 6.62. The number of hydrogen-bond donors (Lipinski definition) is 0. The van der Waals surface area contributed by atoms with Crippen LogP contribution < -0.4 is 0 Å². The molecule has 0 saturated heterocycles. The molecule has 1 aliphatic rings. The first kappa shape index (κ1) is 10.0. The van der Waals surface area contributed by atoms with E-state index < -0.39 is 8.80 Å². The molecule has 1 aliphatic carbocycles. The summed E-state index contributed by atoms with van der Waals surface area (Å²) >= 11 is 0. The molecule has 1 heteroatoms. The maximum Gasteiger partial charge on any atom is 0.0577 e. The van der Waals surface area contributed by atoms with E-state index in [1.165, 1.54) is 44.6 Å². The highest BCUT2D eigenvalue weighted by Gasteiger charge is 2.13. The third-order valence-electron chi connectivity index (χ3n) is 3.16. The third kappa shape index (κ3) is 3.57. The van der Waals surface area contributed by atoms with Crippen molar-refractivity contribution in [3.05, 3.63) is 12.3 Å². The first-order valence-corrected chi connectivity index (χ1v) is 8.09. The minimum atomic E-state index is -0.488. The summed E-state index contributed by atoms with van der Waals surface area (Å²) in [5.74, 6) is 1.08. The van der Waals surface area contributed by atoms with Gasteiger partial charge < -0.3 is 0 Å². The molecule has 0 spiro atoms. The van der Waals surface area contributed by atoms with E-state index in [0.29, 0.717) is 0 Å². The molecular formula is C11H22Si. The molecule has 0 radical (unpaired) electrons. The average molecular weight is 182 g/mol. The third-order valence-corrected chi connectivity index (χ3v) is 5.21. The van der Waals surface area contributed by atoms with Crippen LogP contribution in [0.1, 0.15) is 38.5 Å². The average Bonchev–Trinajstić information content (AvgIpc) is 2.16. The molecule has 1 atom stereocenters. The van der Waals surface area contributed by atoms with E-state index in [1.54, 1.807) is 0 Å². The van der Waals surface area contributed by atoms with Gasteiger partial charge in [0.2, 0.25) is 0 Å². The second kappa shape index (κ2) is 5.58. The summed E-state index contributed by atoms with van der Waals surface area (Å²) in [5.41, 5.74) is 2.23. The molecule has 12 heavy (non-hydrogen) atoms. The van der Waals surface area contributed by atoms with Crippen molar-refractivity contribution in [1.29, 1.82) is 0 Å². The summed E-state index contributed by atoms with van der Waals surface area (Å²) in [5, 5.41) is 0. The Bertz CT molecular complexity index is 125. The fourth-order valence-corrected chi connectivity index (χ4v) is 3.33. The molecule has 70 valence electrons. The van der Waals surface area contributed by atoms with E-state index in [1.807, 2.05) is 0 Å². The molecule has 1 saturated carbocycles. The first-order chi connectivity index (χ1) is 5.83. The molecule has 0 amide bonds. The lowest BCUT2D eigenvalue weighted by Crippen LogP contribution is -2.10. The van der Waals surface area contributed by atoms with Gasteiger partial charge in [-0.2, -0.15) is 0 Å². The molecule has 0 nitrogen and oxygen atoms in total. The second-order valence-electron chi connectivity index (χ2n) is 4.29. The van der Waals surface area contributed by atoms with Crippen molar-refractivity contribution in [2.45, 2.75) is 51.1 Å². The topological polar surface area (TPSA) is 0 Å². The highest BCUT2D eigenvalue weighted by Crippen LogP contribution is 2.27. The van der Waals surface area contributed by atoms with Gasteiger partial charge in [-0.15, -0.1) is 12.3 Å². The molecule has 0 aliphatic heterocycles. The van der Waals surface area contributed by atoms with Crippen LogP contribution in [-0.2, 0) is 0 Å². The van der Waals surface area contributed by atoms with Crippen LogP contribution in [0.25, 0.3) is 0 Å². The second-order valence-corrected chi connectivity index (χ2v) is 7.30. The summed E-state index contributed by atoms with van der Waals surface area (Å²) in [6, 6.07) is 1.49. The quantitative estimate of drug-likeness (QED) is 0.583. The van der Waals surface area contributed by atoms with Crippen LogP contribution in [0.2, 0.25) is 12.6 Å². The van der Waals surface area contributed by atoms with E-state index in [2.05, 4.69) is 18.8 Å².